The third-order valence-corrected chi connectivity index (χ3v) is 6.17. The van der Waals surface area contributed by atoms with Crippen molar-refractivity contribution in [1.29, 1.82) is 0 Å². The molecule has 2 heterocycles. The number of aryl methyl sites for hydroxylation is 1. The second-order valence-corrected chi connectivity index (χ2v) is 8.37. The van der Waals surface area contributed by atoms with Crippen molar-refractivity contribution in [2.45, 2.75) is 39.2 Å². The summed E-state index contributed by atoms with van der Waals surface area (Å²) in [4.78, 5) is 55.6. The normalized spacial score (nSPS) is 12.2. The van der Waals surface area contributed by atoms with Crippen molar-refractivity contribution in [3.63, 3.8) is 0 Å². The van der Waals surface area contributed by atoms with Crippen LogP contribution in [0.1, 0.15) is 63.6 Å². The van der Waals surface area contributed by atoms with Crippen LogP contribution in [0.4, 0.5) is 0 Å². The molecule has 31 heavy (non-hydrogen) atoms. The molecule has 8 nitrogen and oxygen atoms in total. The molecule has 2 aromatic heterocycles. The van der Waals surface area contributed by atoms with Crippen LogP contribution >= 0.6 is 11.3 Å². The largest absolute Gasteiger partial charge is 0.477 e. The number of fused-ring (bicyclic) bond motifs is 1. The first-order valence-corrected chi connectivity index (χ1v) is 10.4. The summed E-state index contributed by atoms with van der Waals surface area (Å²) in [5, 5.41) is 9.60. The number of esters is 1. The lowest BCUT2D eigenvalue weighted by Crippen LogP contribution is -2.35. The number of benzene rings is 1. The maximum atomic E-state index is 13.6. The van der Waals surface area contributed by atoms with Crippen LogP contribution in [0.5, 0.6) is 0 Å². The zero-order chi connectivity index (χ0) is 22.9. The van der Waals surface area contributed by atoms with Gasteiger partial charge in [0, 0.05) is 11.5 Å². The topological polar surface area (TPSA) is 116 Å². The number of ketones is 1. The number of hydrogen-bond donors (Lipinski definition) is 1. The van der Waals surface area contributed by atoms with Gasteiger partial charge in [-0.15, -0.1) is 11.3 Å². The average molecular weight is 442 g/mol. The number of ether oxygens (including phenoxy) is 1. The maximum absolute atomic E-state index is 13.6. The summed E-state index contributed by atoms with van der Waals surface area (Å²) in [5.74, 6) is -2.19. The van der Waals surface area contributed by atoms with Gasteiger partial charge in [-0.1, -0.05) is 44.2 Å². The molecule has 0 aliphatic rings. The van der Waals surface area contributed by atoms with Crippen molar-refractivity contribution in [3.05, 3.63) is 62.5 Å². The van der Waals surface area contributed by atoms with Gasteiger partial charge in [0.1, 0.15) is 21.6 Å². The molecule has 0 aliphatic heterocycles. The zero-order valence-electron chi connectivity index (χ0n) is 17.5. The van der Waals surface area contributed by atoms with Crippen LogP contribution in [0.3, 0.4) is 0 Å². The number of hydrogen-bond acceptors (Lipinski definition) is 7. The predicted molar refractivity (Wildman–Crippen MR) is 116 cm³/mol. The molecule has 162 valence electrons. The average Bonchev–Trinajstić information content (AvgIpc) is 3.09. The number of nitrogens with zero attached hydrogens (tertiary/aromatic N) is 2. The van der Waals surface area contributed by atoms with Crippen LogP contribution in [-0.2, 0) is 9.53 Å². The van der Waals surface area contributed by atoms with E-state index in [2.05, 4.69) is 4.98 Å². The summed E-state index contributed by atoms with van der Waals surface area (Å²) < 4.78 is 6.00. The molecule has 0 spiro atoms. The molecule has 0 saturated heterocycles. The minimum absolute atomic E-state index is 0.0194. The van der Waals surface area contributed by atoms with E-state index in [1.165, 1.54) is 11.7 Å². The van der Waals surface area contributed by atoms with Crippen LogP contribution in [-0.4, -0.2) is 39.5 Å². The van der Waals surface area contributed by atoms with E-state index >= 15 is 0 Å². The Kier molecular flexibility index (Phi) is 6.35. The number of methoxy groups -OCH3 is 1. The molecule has 3 aromatic rings. The fourth-order valence-corrected chi connectivity index (χ4v) is 4.48. The standard InChI is InChI=1S/C22H22N2O6S/c1-11(2)19-23-20-16(12(3)18(31-20)22(28)29)21(27)24(19)14(10-15(25)30-4)17(26)13-8-6-5-7-9-13/h5-9,11,14H,10H2,1-4H3,(H,28,29). The smallest absolute Gasteiger partial charge is 0.346 e. The number of carbonyl (C=O) groups is 3. The first kappa shape index (κ1) is 22.4. The highest BCUT2D eigenvalue weighted by Gasteiger charge is 2.31. The lowest BCUT2D eigenvalue weighted by Gasteiger charge is -2.23. The zero-order valence-corrected chi connectivity index (χ0v) is 18.4. The molecule has 1 atom stereocenters. The molecular formula is C22H22N2O6S. The molecule has 1 unspecified atom stereocenters. The van der Waals surface area contributed by atoms with Crippen LogP contribution in [0.2, 0.25) is 0 Å². The molecule has 0 fully saturated rings. The SMILES string of the molecule is COC(=O)CC(C(=O)c1ccccc1)n1c(C(C)C)nc2sc(C(=O)O)c(C)c2c1=O. The molecule has 0 saturated carbocycles. The Morgan fingerprint density at radius 1 is 1.19 bits per heavy atom. The van der Waals surface area contributed by atoms with E-state index in [0.717, 1.165) is 11.3 Å². The predicted octanol–water partition coefficient (Wildman–Crippen LogP) is 3.58. The van der Waals surface area contributed by atoms with E-state index in [9.17, 15) is 24.3 Å². The molecule has 9 heteroatoms. The van der Waals surface area contributed by atoms with Gasteiger partial charge in [-0.05, 0) is 12.5 Å². The maximum Gasteiger partial charge on any atom is 0.346 e. The summed E-state index contributed by atoms with van der Waals surface area (Å²) in [6, 6.07) is 7.18. The van der Waals surface area contributed by atoms with Gasteiger partial charge in [-0.2, -0.15) is 0 Å². The number of carboxylic acids is 1. The molecule has 1 N–H and O–H groups in total. The number of thiophene rings is 1. The summed E-state index contributed by atoms with van der Waals surface area (Å²) in [6.45, 7) is 5.16. The summed E-state index contributed by atoms with van der Waals surface area (Å²) >= 11 is 0.921. The lowest BCUT2D eigenvalue weighted by molar-refractivity contribution is -0.141. The number of carbonyl (C=O) groups excluding carboxylic acids is 2. The highest BCUT2D eigenvalue weighted by Crippen LogP contribution is 2.30. The Hall–Kier alpha value is -3.33. The summed E-state index contributed by atoms with van der Waals surface area (Å²) in [7, 11) is 1.21. The van der Waals surface area contributed by atoms with Crippen LogP contribution < -0.4 is 5.56 Å². The molecule has 0 amide bonds. The van der Waals surface area contributed by atoms with Crippen molar-refractivity contribution in [2.24, 2.45) is 0 Å². The number of carboxylic acid groups (broad SMARTS) is 1. The molecule has 0 radical (unpaired) electrons. The van der Waals surface area contributed by atoms with Gasteiger partial charge >= 0.3 is 11.9 Å². The number of aromatic nitrogens is 2. The quantitative estimate of drug-likeness (QED) is 0.439. The number of rotatable bonds is 7. The third-order valence-electron chi connectivity index (χ3n) is 4.99. The molecule has 0 bridgehead atoms. The van der Waals surface area contributed by atoms with Gasteiger partial charge in [-0.3, -0.25) is 19.0 Å². The minimum atomic E-state index is -1.18. The van der Waals surface area contributed by atoms with E-state index < -0.39 is 29.3 Å². The van der Waals surface area contributed by atoms with Crippen molar-refractivity contribution in [1.82, 2.24) is 9.55 Å². The second kappa shape index (κ2) is 8.81. The lowest BCUT2D eigenvalue weighted by atomic mass is 10.00. The monoisotopic (exact) mass is 442 g/mol. The second-order valence-electron chi connectivity index (χ2n) is 7.37. The molecule has 1 aromatic carbocycles. The molecular weight excluding hydrogens is 420 g/mol. The molecule has 0 aliphatic carbocycles. The van der Waals surface area contributed by atoms with Crippen LogP contribution in [0.25, 0.3) is 10.2 Å². The first-order chi connectivity index (χ1) is 14.7. The van der Waals surface area contributed by atoms with Crippen molar-refractivity contribution in [3.8, 4) is 0 Å². The van der Waals surface area contributed by atoms with E-state index in [-0.39, 0.29) is 28.2 Å². The Labute approximate surface area is 182 Å². The van der Waals surface area contributed by atoms with Crippen molar-refractivity contribution >= 4 is 39.3 Å². The van der Waals surface area contributed by atoms with Crippen molar-refractivity contribution in [2.75, 3.05) is 7.11 Å². The van der Waals surface area contributed by atoms with Gasteiger partial charge in [0.25, 0.3) is 5.56 Å². The van der Waals surface area contributed by atoms with Gasteiger partial charge < -0.3 is 9.84 Å². The highest BCUT2D eigenvalue weighted by molar-refractivity contribution is 7.20. The van der Waals surface area contributed by atoms with Gasteiger partial charge in [-0.25, -0.2) is 9.78 Å². The van der Waals surface area contributed by atoms with Crippen LogP contribution in [0.15, 0.2) is 35.1 Å². The van der Waals surface area contributed by atoms with Crippen LogP contribution in [0, 0.1) is 6.92 Å². The Morgan fingerprint density at radius 2 is 1.84 bits per heavy atom. The Bertz CT molecular complexity index is 1230. The minimum Gasteiger partial charge on any atom is -0.477 e. The third kappa shape index (κ3) is 4.13. The summed E-state index contributed by atoms with van der Waals surface area (Å²) in [6.07, 6.45) is -0.355. The highest BCUT2D eigenvalue weighted by atomic mass is 32.1. The van der Waals surface area contributed by atoms with Gasteiger partial charge in [0.05, 0.1) is 18.9 Å². The van der Waals surface area contributed by atoms with E-state index in [0.29, 0.717) is 16.2 Å². The Morgan fingerprint density at radius 3 is 2.39 bits per heavy atom. The van der Waals surface area contributed by atoms with E-state index in [4.69, 9.17) is 4.74 Å². The number of aromatic carboxylic acids is 1. The fraction of sp³-hybridized carbons (Fsp3) is 0.318. The fourth-order valence-electron chi connectivity index (χ4n) is 3.46. The van der Waals surface area contributed by atoms with E-state index in [1.54, 1.807) is 37.3 Å². The molecule has 3 rings (SSSR count). The van der Waals surface area contributed by atoms with Crippen molar-refractivity contribution < 1.29 is 24.2 Å². The Balaban J connectivity index is 2.34. The van der Waals surface area contributed by atoms with Gasteiger partial charge in [0.2, 0.25) is 0 Å². The van der Waals surface area contributed by atoms with Gasteiger partial charge in [0.15, 0.2) is 5.78 Å². The number of Topliss-reactive ketones (excluding diaryl/α,β-unsaturated/α-hetero) is 1. The van der Waals surface area contributed by atoms with E-state index in [1.807, 2.05) is 13.8 Å². The first-order valence-electron chi connectivity index (χ1n) is 9.62. The summed E-state index contributed by atoms with van der Waals surface area (Å²) in [5.41, 5.74) is 0.0811.